The SMILES string of the molecule is CC(Oc1cccc2ccccc12)C(=O)Nc1cc(N2CCCCC2)ncn1. The Bertz CT molecular complexity index is 964. The lowest BCUT2D eigenvalue weighted by Crippen LogP contribution is -2.32. The molecule has 1 aromatic heterocycles. The van der Waals surface area contributed by atoms with Crippen molar-refractivity contribution >= 4 is 28.3 Å². The predicted octanol–water partition coefficient (Wildman–Crippen LogP) is 4.03. The molecule has 1 saturated heterocycles. The molecule has 2 aromatic carbocycles. The molecule has 0 aliphatic carbocycles. The van der Waals surface area contributed by atoms with E-state index in [1.807, 2.05) is 48.5 Å². The second-order valence-corrected chi connectivity index (χ2v) is 7.04. The summed E-state index contributed by atoms with van der Waals surface area (Å²) in [4.78, 5) is 23.4. The van der Waals surface area contributed by atoms with Crippen molar-refractivity contribution in [2.24, 2.45) is 0 Å². The molecule has 0 saturated carbocycles. The third-order valence-electron chi connectivity index (χ3n) is 5.01. The third kappa shape index (κ3) is 4.06. The summed E-state index contributed by atoms with van der Waals surface area (Å²) in [5.41, 5.74) is 0. The highest BCUT2D eigenvalue weighted by atomic mass is 16.5. The number of hydrogen-bond donors (Lipinski definition) is 1. The molecule has 4 rings (SSSR count). The first-order valence-corrected chi connectivity index (χ1v) is 9.73. The van der Waals surface area contributed by atoms with Gasteiger partial charge in [-0.25, -0.2) is 9.97 Å². The van der Waals surface area contributed by atoms with E-state index in [-0.39, 0.29) is 5.91 Å². The van der Waals surface area contributed by atoms with Gasteiger partial charge in [0.2, 0.25) is 0 Å². The van der Waals surface area contributed by atoms with E-state index in [2.05, 4.69) is 20.2 Å². The number of fused-ring (bicyclic) bond motifs is 1. The molecule has 28 heavy (non-hydrogen) atoms. The van der Waals surface area contributed by atoms with Crippen LogP contribution in [0.2, 0.25) is 0 Å². The van der Waals surface area contributed by atoms with Gasteiger partial charge in [0.25, 0.3) is 5.91 Å². The highest BCUT2D eigenvalue weighted by Gasteiger charge is 2.18. The first-order valence-electron chi connectivity index (χ1n) is 9.73. The van der Waals surface area contributed by atoms with Crippen molar-refractivity contribution < 1.29 is 9.53 Å². The van der Waals surface area contributed by atoms with E-state index < -0.39 is 6.10 Å². The predicted molar refractivity (Wildman–Crippen MR) is 111 cm³/mol. The molecular formula is C22H24N4O2. The fourth-order valence-electron chi connectivity index (χ4n) is 3.48. The molecule has 1 amide bonds. The largest absolute Gasteiger partial charge is 0.480 e. The first-order chi connectivity index (χ1) is 13.7. The van der Waals surface area contributed by atoms with Gasteiger partial charge in [0.05, 0.1) is 0 Å². The average molecular weight is 376 g/mol. The Balaban J connectivity index is 1.44. The Labute approximate surface area is 164 Å². The number of carbonyl (C=O) groups is 1. The van der Waals surface area contributed by atoms with Crippen LogP contribution in [0.25, 0.3) is 10.8 Å². The van der Waals surface area contributed by atoms with Crippen LogP contribution in [0.1, 0.15) is 26.2 Å². The molecule has 1 aliphatic heterocycles. The normalized spacial score (nSPS) is 15.2. The molecular weight excluding hydrogens is 352 g/mol. The van der Waals surface area contributed by atoms with E-state index >= 15 is 0 Å². The zero-order valence-electron chi connectivity index (χ0n) is 16.0. The van der Waals surface area contributed by atoms with Gasteiger partial charge in [-0.05, 0) is 37.6 Å². The molecule has 0 radical (unpaired) electrons. The van der Waals surface area contributed by atoms with Crippen molar-refractivity contribution in [3.05, 3.63) is 54.9 Å². The molecule has 0 bridgehead atoms. The van der Waals surface area contributed by atoms with Gasteiger partial charge in [-0.1, -0.05) is 36.4 Å². The number of nitrogens with zero attached hydrogens (tertiary/aromatic N) is 3. The van der Waals surface area contributed by atoms with Crippen LogP contribution < -0.4 is 15.0 Å². The molecule has 144 valence electrons. The van der Waals surface area contributed by atoms with Crippen molar-refractivity contribution in [1.29, 1.82) is 0 Å². The van der Waals surface area contributed by atoms with E-state index in [0.717, 1.165) is 29.7 Å². The fourth-order valence-corrected chi connectivity index (χ4v) is 3.48. The summed E-state index contributed by atoms with van der Waals surface area (Å²) in [7, 11) is 0. The zero-order chi connectivity index (χ0) is 19.3. The lowest BCUT2D eigenvalue weighted by atomic mass is 10.1. The van der Waals surface area contributed by atoms with Crippen LogP contribution in [-0.2, 0) is 4.79 Å². The van der Waals surface area contributed by atoms with Gasteiger partial charge >= 0.3 is 0 Å². The molecule has 1 aliphatic rings. The van der Waals surface area contributed by atoms with Crippen molar-refractivity contribution in [2.75, 3.05) is 23.3 Å². The minimum Gasteiger partial charge on any atom is -0.480 e. The highest BCUT2D eigenvalue weighted by Crippen LogP contribution is 2.26. The minimum absolute atomic E-state index is 0.240. The standard InChI is InChI=1S/C22H24N4O2/c1-16(28-19-11-7-9-17-8-3-4-10-18(17)19)22(27)25-20-14-21(24-15-23-20)26-12-5-2-6-13-26/h3-4,7-11,14-16H,2,5-6,12-13H2,1H3,(H,23,24,25,27). The third-order valence-corrected chi connectivity index (χ3v) is 5.01. The second-order valence-electron chi connectivity index (χ2n) is 7.04. The van der Waals surface area contributed by atoms with Crippen LogP contribution in [0.15, 0.2) is 54.9 Å². The topological polar surface area (TPSA) is 67.3 Å². The number of piperidine rings is 1. The van der Waals surface area contributed by atoms with Crippen LogP contribution in [0, 0.1) is 0 Å². The molecule has 1 atom stereocenters. The van der Waals surface area contributed by atoms with Crippen molar-refractivity contribution in [3.8, 4) is 5.75 Å². The monoisotopic (exact) mass is 376 g/mol. The van der Waals surface area contributed by atoms with Gasteiger partial charge in [0, 0.05) is 24.5 Å². The number of hydrogen-bond acceptors (Lipinski definition) is 5. The van der Waals surface area contributed by atoms with Crippen LogP contribution >= 0.6 is 0 Å². The van der Waals surface area contributed by atoms with Crippen LogP contribution in [-0.4, -0.2) is 35.1 Å². The summed E-state index contributed by atoms with van der Waals surface area (Å²) in [6, 6.07) is 15.6. The quantitative estimate of drug-likeness (QED) is 0.728. The minimum atomic E-state index is -0.654. The smallest absolute Gasteiger partial charge is 0.266 e. The lowest BCUT2D eigenvalue weighted by molar-refractivity contribution is -0.122. The first kappa shape index (κ1) is 18.2. The van der Waals surface area contributed by atoms with E-state index in [4.69, 9.17) is 4.74 Å². The van der Waals surface area contributed by atoms with E-state index in [0.29, 0.717) is 11.6 Å². The Kier molecular flexibility index (Phi) is 5.37. The maximum absolute atomic E-state index is 12.6. The number of anilines is 2. The van der Waals surface area contributed by atoms with E-state index in [9.17, 15) is 4.79 Å². The Morgan fingerprint density at radius 3 is 2.71 bits per heavy atom. The lowest BCUT2D eigenvalue weighted by Gasteiger charge is -2.27. The Morgan fingerprint density at radius 1 is 1.07 bits per heavy atom. The zero-order valence-corrected chi connectivity index (χ0v) is 16.0. The summed E-state index contributed by atoms with van der Waals surface area (Å²) in [5.74, 6) is 1.80. The van der Waals surface area contributed by atoms with Gasteiger partial charge in [0.1, 0.15) is 23.7 Å². The summed E-state index contributed by atoms with van der Waals surface area (Å²) >= 11 is 0. The number of aromatic nitrogens is 2. The summed E-state index contributed by atoms with van der Waals surface area (Å²) in [6.07, 6.45) is 4.44. The van der Waals surface area contributed by atoms with Crippen molar-refractivity contribution in [2.45, 2.75) is 32.3 Å². The Morgan fingerprint density at radius 2 is 1.86 bits per heavy atom. The number of benzene rings is 2. The van der Waals surface area contributed by atoms with Crippen LogP contribution in [0.5, 0.6) is 5.75 Å². The van der Waals surface area contributed by atoms with E-state index in [1.165, 1.54) is 25.6 Å². The maximum atomic E-state index is 12.6. The van der Waals surface area contributed by atoms with Crippen molar-refractivity contribution in [1.82, 2.24) is 9.97 Å². The molecule has 1 fully saturated rings. The molecule has 3 aromatic rings. The molecule has 1 unspecified atom stereocenters. The van der Waals surface area contributed by atoms with Gasteiger partial charge in [-0.2, -0.15) is 0 Å². The molecule has 6 nitrogen and oxygen atoms in total. The number of ether oxygens (including phenoxy) is 1. The van der Waals surface area contributed by atoms with Crippen LogP contribution in [0.4, 0.5) is 11.6 Å². The Hall–Kier alpha value is -3.15. The molecule has 2 heterocycles. The summed E-state index contributed by atoms with van der Waals surface area (Å²) in [6.45, 7) is 3.72. The van der Waals surface area contributed by atoms with Gasteiger partial charge in [0.15, 0.2) is 6.10 Å². The maximum Gasteiger partial charge on any atom is 0.266 e. The number of nitrogens with one attached hydrogen (secondary N) is 1. The number of amides is 1. The average Bonchev–Trinajstić information content (AvgIpc) is 2.75. The van der Waals surface area contributed by atoms with Gasteiger partial charge in [-0.3, -0.25) is 4.79 Å². The van der Waals surface area contributed by atoms with Gasteiger partial charge in [-0.15, -0.1) is 0 Å². The second kappa shape index (κ2) is 8.25. The molecule has 1 N–H and O–H groups in total. The van der Waals surface area contributed by atoms with E-state index in [1.54, 1.807) is 6.92 Å². The van der Waals surface area contributed by atoms with Crippen LogP contribution in [0.3, 0.4) is 0 Å². The highest BCUT2D eigenvalue weighted by molar-refractivity contribution is 5.94. The summed E-state index contributed by atoms with van der Waals surface area (Å²) in [5, 5.41) is 4.91. The number of rotatable bonds is 5. The fraction of sp³-hybridized carbons (Fsp3) is 0.318. The summed E-state index contributed by atoms with van der Waals surface area (Å²) < 4.78 is 5.94. The number of carbonyl (C=O) groups excluding carboxylic acids is 1. The van der Waals surface area contributed by atoms with Crippen molar-refractivity contribution in [3.63, 3.8) is 0 Å². The van der Waals surface area contributed by atoms with Gasteiger partial charge < -0.3 is 15.0 Å². The molecule has 0 spiro atoms. The molecule has 6 heteroatoms.